The summed E-state index contributed by atoms with van der Waals surface area (Å²) in [4.78, 5) is 16.3. The van der Waals surface area contributed by atoms with E-state index < -0.39 is 0 Å². The molecule has 1 aromatic rings. The number of piperidine rings is 2. The van der Waals surface area contributed by atoms with Crippen molar-refractivity contribution in [3.05, 3.63) is 30.1 Å². The second-order valence-electron chi connectivity index (χ2n) is 7.57. The number of nitrogens with zero attached hydrogens (tertiary/aromatic N) is 2. The van der Waals surface area contributed by atoms with E-state index in [1.54, 1.807) is 12.1 Å². The van der Waals surface area contributed by atoms with Crippen LogP contribution in [0.2, 0.25) is 0 Å². The summed E-state index contributed by atoms with van der Waals surface area (Å²) in [7, 11) is 0. The van der Waals surface area contributed by atoms with Crippen molar-refractivity contribution in [3.8, 4) is 5.75 Å². The molecule has 1 atom stereocenters. The molecule has 0 aliphatic carbocycles. The number of carbonyl (C=O) groups excluding carboxylic acids is 1. The van der Waals surface area contributed by atoms with Gasteiger partial charge in [-0.15, -0.1) is 0 Å². The Labute approximate surface area is 154 Å². The van der Waals surface area contributed by atoms with E-state index in [1.165, 1.54) is 12.1 Å². The van der Waals surface area contributed by atoms with E-state index in [0.717, 1.165) is 51.9 Å². The first-order valence-corrected chi connectivity index (χ1v) is 9.60. The van der Waals surface area contributed by atoms with Gasteiger partial charge in [0, 0.05) is 38.0 Å². The van der Waals surface area contributed by atoms with Crippen molar-refractivity contribution in [2.24, 2.45) is 5.41 Å². The van der Waals surface area contributed by atoms with Gasteiger partial charge in [-0.05, 0) is 56.5 Å². The van der Waals surface area contributed by atoms with Gasteiger partial charge in [-0.25, -0.2) is 4.39 Å². The van der Waals surface area contributed by atoms with Crippen LogP contribution in [0.15, 0.2) is 24.3 Å². The second-order valence-corrected chi connectivity index (χ2v) is 7.57. The zero-order chi connectivity index (χ0) is 18.4. The molecule has 1 spiro atoms. The highest BCUT2D eigenvalue weighted by molar-refractivity contribution is 5.77. The maximum atomic E-state index is 12.9. The first-order chi connectivity index (χ1) is 12.6. The highest BCUT2D eigenvalue weighted by atomic mass is 19.1. The number of aliphatic hydroxyl groups excluding tert-OH is 1. The van der Waals surface area contributed by atoms with Gasteiger partial charge in [0.25, 0.3) is 0 Å². The molecule has 144 valence electrons. The molecule has 1 amide bonds. The van der Waals surface area contributed by atoms with Crippen molar-refractivity contribution in [2.45, 2.75) is 32.1 Å². The number of amides is 1. The van der Waals surface area contributed by atoms with Crippen LogP contribution in [0.3, 0.4) is 0 Å². The molecular weight excluding hydrogens is 335 g/mol. The molecule has 2 aliphatic rings. The molecule has 3 rings (SSSR count). The molecule has 2 heterocycles. The standard InChI is InChI=1S/C20H29FN2O3/c21-17-3-5-18(6-4-17)26-14-2-11-22-10-1-8-20(15-22)9-7-19(25)23(16-20)12-13-24/h3-6,24H,1-2,7-16H2/t20-/m1/s1. The van der Waals surface area contributed by atoms with Crippen LogP contribution >= 0.6 is 0 Å². The Bertz CT molecular complexity index is 595. The largest absolute Gasteiger partial charge is 0.494 e. The van der Waals surface area contributed by atoms with Crippen molar-refractivity contribution < 1.29 is 19.0 Å². The number of hydrogen-bond acceptors (Lipinski definition) is 4. The third kappa shape index (κ3) is 4.95. The van der Waals surface area contributed by atoms with E-state index in [9.17, 15) is 14.3 Å². The summed E-state index contributed by atoms with van der Waals surface area (Å²) in [6, 6.07) is 6.12. The summed E-state index contributed by atoms with van der Waals surface area (Å²) >= 11 is 0. The highest BCUT2D eigenvalue weighted by Crippen LogP contribution is 2.38. The molecule has 2 fully saturated rings. The first-order valence-electron chi connectivity index (χ1n) is 9.60. The van der Waals surface area contributed by atoms with Crippen LogP contribution in [0.5, 0.6) is 5.75 Å². The predicted octanol–water partition coefficient (Wildman–Crippen LogP) is 2.29. The van der Waals surface area contributed by atoms with Crippen LogP contribution in [-0.4, -0.2) is 66.8 Å². The Kier molecular flexibility index (Phi) is 6.48. The van der Waals surface area contributed by atoms with Gasteiger partial charge in [0.15, 0.2) is 0 Å². The zero-order valence-corrected chi connectivity index (χ0v) is 15.3. The lowest BCUT2D eigenvalue weighted by molar-refractivity contribution is -0.140. The van der Waals surface area contributed by atoms with E-state index >= 15 is 0 Å². The number of benzene rings is 1. The summed E-state index contributed by atoms with van der Waals surface area (Å²) in [5.41, 5.74) is 0.180. The molecule has 2 aliphatic heterocycles. The van der Waals surface area contributed by atoms with Gasteiger partial charge in [0.05, 0.1) is 13.2 Å². The minimum Gasteiger partial charge on any atom is -0.494 e. The zero-order valence-electron chi connectivity index (χ0n) is 15.3. The lowest BCUT2D eigenvalue weighted by atomic mass is 9.73. The van der Waals surface area contributed by atoms with Gasteiger partial charge in [-0.3, -0.25) is 4.79 Å². The summed E-state index contributed by atoms with van der Waals surface area (Å²) < 4.78 is 18.6. The first kappa shape index (κ1) is 19.1. The molecule has 2 saturated heterocycles. The topological polar surface area (TPSA) is 53.0 Å². The van der Waals surface area contributed by atoms with Crippen molar-refractivity contribution >= 4 is 5.91 Å². The monoisotopic (exact) mass is 364 g/mol. The van der Waals surface area contributed by atoms with Crippen LogP contribution in [0, 0.1) is 11.2 Å². The van der Waals surface area contributed by atoms with Gasteiger partial charge >= 0.3 is 0 Å². The Morgan fingerprint density at radius 1 is 1.15 bits per heavy atom. The molecule has 0 radical (unpaired) electrons. The molecule has 0 saturated carbocycles. The molecule has 26 heavy (non-hydrogen) atoms. The van der Waals surface area contributed by atoms with E-state index in [4.69, 9.17) is 4.74 Å². The molecule has 1 N–H and O–H groups in total. The Hall–Kier alpha value is -1.66. The lowest BCUT2D eigenvalue weighted by Crippen LogP contribution is -2.54. The minimum absolute atomic E-state index is 0.0340. The van der Waals surface area contributed by atoms with Crippen molar-refractivity contribution in [1.82, 2.24) is 9.80 Å². The van der Waals surface area contributed by atoms with E-state index in [2.05, 4.69) is 4.90 Å². The van der Waals surface area contributed by atoms with Crippen molar-refractivity contribution in [1.29, 1.82) is 0 Å². The predicted molar refractivity (Wildman–Crippen MR) is 97.5 cm³/mol. The number of aliphatic hydroxyl groups is 1. The molecule has 0 bridgehead atoms. The van der Waals surface area contributed by atoms with Gasteiger partial charge in [-0.1, -0.05) is 0 Å². The SMILES string of the molecule is O=C1CC[C@@]2(CCCN(CCCOc3ccc(F)cc3)C2)CN1CCO. The number of rotatable bonds is 7. The van der Waals surface area contributed by atoms with Gasteiger partial charge in [-0.2, -0.15) is 0 Å². The van der Waals surface area contributed by atoms with E-state index in [0.29, 0.717) is 25.3 Å². The maximum absolute atomic E-state index is 12.9. The molecule has 0 aromatic heterocycles. The lowest BCUT2D eigenvalue weighted by Gasteiger charge is -2.48. The average molecular weight is 364 g/mol. The number of β-amino-alcohol motifs (C(OH)–C–C–N with tert-alkyl or cyclic N) is 1. The number of carbonyl (C=O) groups is 1. The normalized spacial score (nSPS) is 24.2. The van der Waals surface area contributed by atoms with Crippen LogP contribution in [0.25, 0.3) is 0 Å². The third-order valence-electron chi connectivity index (χ3n) is 5.56. The molecule has 6 heteroatoms. The Morgan fingerprint density at radius 3 is 2.73 bits per heavy atom. The number of ether oxygens (including phenoxy) is 1. The number of halogens is 1. The average Bonchev–Trinajstić information content (AvgIpc) is 2.64. The summed E-state index contributed by atoms with van der Waals surface area (Å²) in [6.45, 7) is 4.94. The molecule has 5 nitrogen and oxygen atoms in total. The molecule has 0 unspecified atom stereocenters. The van der Waals surface area contributed by atoms with Gasteiger partial charge < -0.3 is 19.6 Å². The van der Waals surface area contributed by atoms with Gasteiger partial charge in [0.1, 0.15) is 11.6 Å². The summed E-state index contributed by atoms with van der Waals surface area (Å²) in [5.74, 6) is 0.624. The highest BCUT2D eigenvalue weighted by Gasteiger charge is 2.41. The molecular formula is C20H29FN2O3. The van der Waals surface area contributed by atoms with Crippen LogP contribution in [-0.2, 0) is 4.79 Å². The van der Waals surface area contributed by atoms with Crippen LogP contribution in [0.1, 0.15) is 32.1 Å². The number of hydrogen-bond donors (Lipinski definition) is 1. The van der Waals surface area contributed by atoms with Crippen LogP contribution < -0.4 is 4.74 Å². The summed E-state index contributed by atoms with van der Waals surface area (Å²) in [6.07, 6.45) is 4.79. The fourth-order valence-corrected chi connectivity index (χ4v) is 4.27. The van der Waals surface area contributed by atoms with E-state index in [1.807, 2.05) is 4.90 Å². The third-order valence-corrected chi connectivity index (χ3v) is 5.56. The Morgan fingerprint density at radius 2 is 1.96 bits per heavy atom. The molecule has 1 aromatic carbocycles. The van der Waals surface area contributed by atoms with Crippen molar-refractivity contribution in [3.63, 3.8) is 0 Å². The fraction of sp³-hybridized carbons (Fsp3) is 0.650. The smallest absolute Gasteiger partial charge is 0.222 e. The quantitative estimate of drug-likeness (QED) is 0.755. The fourth-order valence-electron chi connectivity index (χ4n) is 4.27. The maximum Gasteiger partial charge on any atom is 0.222 e. The Balaban J connectivity index is 1.44. The van der Waals surface area contributed by atoms with Crippen molar-refractivity contribution in [2.75, 3.05) is 45.9 Å². The summed E-state index contributed by atoms with van der Waals surface area (Å²) in [5, 5.41) is 9.19. The van der Waals surface area contributed by atoms with Crippen LogP contribution in [0.4, 0.5) is 4.39 Å². The van der Waals surface area contributed by atoms with Gasteiger partial charge in [0.2, 0.25) is 5.91 Å². The minimum atomic E-state index is -0.253. The second kappa shape index (κ2) is 8.82. The van der Waals surface area contributed by atoms with E-state index in [-0.39, 0.29) is 23.7 Å². The number of likely N-dealkylation sites (tertiary alicyclic amines) is 2.